The van der Waals surface area contributed by atoms with Crippen LogP contribution in [0.5, 0.6) is 5.75 Å². The molecule has 3 nitrogen and oxygen atoms in total. The largest absolute Gasteiger partial charge is 0.491 e. The summed E-state index contributed by atoms with van der Waals surface area (Å²) in [4.78, 5) is 0. The zero-order valence-electron chi connectivity index (χ0n) is 12.5. The summed E-state index contributed by atoms with van der Waals surface area (Å²) in [6.07, 6.45) is 2.35. The average Bonchev–Trinajstić information content (AvgIpc) is 2.75. The molecule has 0 amide bonds. The van der Waals surface area contributed by atoms with E-state index in [1.807, 2.05) is 25.1 Å². The van der Waals surface area contributed by atoms with E-state index in [2.05, 4.69) is 25.7 Å². The van der Waals surface area contributed by atoms with Crippen LogP contribution in [0.1, 0.15) is 37.8 Å². The molecule has 1 unspecified atom stereocenters. The second-order valence-electron chi connectivity index (χ2n) is 5.84. The molecule has 1 aliphatic heterocycles. The summed E-state index contributed by atoms with van der Waals surface area (Å²) in [7, 11) is 0. The fraction of sp³-hybridized carbons (Fsp3) is 0.529. The van der Waals surface area contributed by atoms with E-state index in [0.29, 0.717) is 13.2 Å². The molecule has 0 saturated carbocycles. The molecule has 2 N–H and O–H groups in total. The Kier molecular flexibility index (Phi) is 4.69. The lowest BCUT2D eigenvalue weighted by Gasteiger charge is -2.19. The maximum Gasteiger partial charge on any atom is 0.122 e. The lowest BCUT2D eigenvalue weighted by Crippen LogP contribution is -2.24. The summed E-state index contributed by atoms with van der Waals surface area (Å²) >= 11 is 0. The van der Waals surface area contributed by atoms with Gasteiger partial charge in [-0.2, -0.15) is 0 Å². The van der Waals surface area contributed by atoms with Crippen LogP contribution in [-0.2, 0) is 4.74 Å². The molecule has 0 bridgehead atoms. The van der Waals surface area contributed by atoms with Crippen molar-refractivity contribution < 1.29 is 9.47 Å². The smallest absolute Gasteiger partial charge is 0.122 e. The van der Waals surface area contributed by atoms with Gasteiger partial charge in [0.1, 0.15) is 12.4 Å². The third kappa shape index (κ3) is 4.00. The fourth-order valence-electron chi connectivity index (χ4n) is 2.42. The predicted octanol–water partition coefficient (Wildman–Crippen LogP) is 2.64. The van der Waals surface area contributed by atoms with Crippen LogP contribution in [0.25, 0.3) is 0 Å². The SMILES string of the molecule is Cc1cc(C#CCN)ccc1OCC1CCC(C)(C)O1. The molecule has 1 heterocycles. The Balaban J connectivity index is 1.93. The third-order valence-electron chi connectivity index (χ3n) is 3.49. The highest BCUT2D eigenvalue weighted by Gasteiger charge is 2.31. The standard InChI is InChI=1S/C17H23NO2/c1-13-11-14(5-4-10-18)6-7-16(13)19-12-15-8-9-17(2,3)20-15/h6-7,11,15H,8-10,12,18H2,1-3H3. The molecule has 1 aliphatic rings. The Morgan fingerprint density at radius 2 is 2.25 bits per heavy atom. The van der Waals surface area contributed by atoms with Gasteiger partial charge in [-0.15, -0.1) is 0 Å². The molecular formula is C17H23NO2. The zero-order valence-corrected chi connectivity index (χ0v) is 12.5. The summed E-state index contributed by atoms with van der Waals surface area (Å²) in [6.45, 7) is 7.28. The summed E-state index contributed by atoms with van der Waals surface area (Å²) in [6, 6.07) is 5.96. The first kappa shape index (κ1) is 14.9. The first-order valence-electron chi connectivity index (χ1n) is 7.10. The second-order valence-corrected chi connectivity index (χ2v) is 5.84. The van der Waals surface area contributed by atoms with Crippen LogP contribution < -0.4 is 10.5 Å². The molecule has 108 valence electrons. The Hall–Kier alpha value is -1.50. The minimum absolute atomic E-state index is 0.00918. The van der Waals surface area contributed by atoms with E-state index < -0.39 is 0 Å². The van der Waals surface area contributed by atoms with Crippen LogP contribution in [0, 0.1) is 18.8 Å². The molecule has 0 spiro atoms. The molecule has 2 rings (SSSR count). The first-order chi connectivity index (χ1) is 9.50. The molecule has 1 atom stereocenters. The van der Waals surface area contributed by atoms with Crippen molar-refractivity contribution in [3.8, 4) is 17.6 Å². The topological polar surface area (TPSA) is 44.5 Å². The summed E-state index contributed by atoms with van der Waals surface area (Å²) in [5.41, 5.74) is 7.42. The summed E-state index contributed by atoms with van der Waals surface area (Å²) in [5.74, 6) is 6.78. The van der Waals surface area contributed by atoms with Gasteiger partial charge in [0.2, 0.25) is 0 Å². The third-order valence-corrected chi connectivity index (χ3v) is 3.49. The highest BCUT2D eigenvalue weighted by atomic mass is 16.6. The van der Waals surface area contributed by atoms with E-state index >= 15 is 0 Å². The van der Waals surface area contributed by atoms with Crippen LogP contribution >= 0.6 is 0 Å². The molecule has 1 fully saturated rings. The maximum atomic E-state index is 5.93. The summed E-state index contributed by atoms with van der Waals surface area (Å²) in [5, 5.41) is 0. The van der Waals surface area contributed by atoms with Crippen molar-refractivity contribution in [3.63, 3.8) is 0 Å². The van der Waals surface area contributed by atoms with Crippen molar-refractivity contribution in [1.82, 2.24) is 0 Å². The van der Waals surface area contributed by atoms with Crippen molar-refractivity contribution in [1.29, 1.82) is 0 Å². The van der Waals surface area contributed by atoms with Gasteiger partial charge in [0.05, 0.1) is 18.2 Å². The second kappa shape index (κ2) is 6.30. The fourth-order valence-corrected chi connectivity index (χ4v) is 2.42. The van der Waals surface area contributed by atoms with E-state index in [-0.39, 0.29) is 11.7 Å². The van der Waals surface area contributed by atoms with E-state index in [4.69, 9.17) is 15.2 Å². The maximum absolute atomic E-state index is 5.93. The highest BCUT2D eigenvalue weighted by Crippen LogP contribution is 2.30. The van der Waals surface area contributed by atoms with Gasteiger partial charge in [0.25, 0.3) is 0 Å². The van der Waals surface area contributed by atoms with Gasteiger partial charge in [-0.3, -0.25) is 0 Å². The van der Waals surface area contributed by atoms with Crippen LogP contribution in [0.4, 0.5) is 0 Å². The Morgan fingerprint density at radius 1 is 1.45 bits per heavy atom. The van der Waals surface area contributed by atoms with Crippen molar-refractivity contribution in [2.24, 2.45) is 5.73 Å². The van der Waals surface area contributed by atoms with Gasteiger partial charge >= 0.3 is 0 Å². The Morgan fingerprint density at radius 3 is 2.85 bits per heavy atom. The number of ether oxygens (including phenoxy) is 2. The number of hydrogen-bond donors (Lipinski definition) is 1. The van der Waals surface area contributed by atoms with Gasteiger partial charge in [-0.1, -0.05) is 11.8 Å². The Bertz CT molecular complexity index is 526. The van der Waals surface area contributed by atoms with E-state index in [9.17, 15) is 0 Å². The molecule has 0 radical (unpaired) electrons. The Labute approximate surface area is 121 Å². The van der Waals surface area contributed by atoms with Crippen LogP contribution in [0.15, 0.2) is 18.2 Å². The molecule has 1 saturated heterocycles. The monoisotopic (exact) mass is 273 g/mol. The highest BCUT2D eigenvalue weighted by molar-refractivity contribution is 5.43. The van der Waals surface area contributed by atoms with Crippen molar-refractivity contribution in [2.75, 3.05) is 13.2 Å². The molecule has 3 heteroatoms. The lowest BCUT2D eigenvalue weighted by molar-refractivity contribution is -0.0327. The van der Waals surface area contributed by atoms with Crippen molar-refractivity contribution in [3.05, 3.63) is 29.3 Å². The van der Waals surface area contributed by atoms with Gasteiger partial charge in [-0.05, 0) is 57.4 Å². The van der Waals surface area contributed by atoms with Crippen LogP contribution in [0.3, 0.4) is 0 Å². The molecule has 0 aliphatic carbocycles. The van der Waals surface area contributed by atoms with Crippen molar-refractivity contribution in [2.45, 2.75) is 45.3 Å². The summed E-state index contributed by atoms with van der Waals surface area (Å²) < 4.78 is 11.8. The molecule has 1 aromatic rings. The lowest BCUT2D eigenvalue weighted by atomic mass is 10.1. The molecule has 20 heavy (non-hydrogen) atoms. The normalized spacial score (nSPS) is 20.3. The molecule has 0 aromatic heterocycles. The van der Waals surface area contributed by atoms with E-state index in [1.165, 1.54) is 0 Å². The van der Waals surface area contributed by atoms with Gasteiger partial charge in [-0.25, -0.2) is 0 Å². The van der Waals surface area contributed by atoms with Gasteiger partial charge < -0.3 is 15.2 Å². The number of nitrogens with two attached hydrogens (primary N) is 1. The van der Waals surface area contributed by atoms with Gasteiger partial charge in [0.15, 0.2) is 0 Å². The van der Waals surface area contributed by atoms with E-state index in [1.54, 1.807) is 0 Å². The number of hydrogen-bond acceptors (Lipinski definition) is 3. The van der Waals surface area contributed by atoms with Crippen LogP contribution in [-0.4, -0.2) is 24.9 Å². The first-order valence-corrected chi connectivity index (χ1v) is 7.10. The minimum atomic E-state index is -0.00918. The predicted molar refractivity (Wildman–Crippen MR) is 80.8 cm³/mol. The van der Waals surface area contributed by atoms with Crippen molar-refractivity contribution >= 4 is 0 Å². The molecule has 1 aromatic carbocycles. The quantitative estimate of drug-likeness (QED) is 0.861. The number of rotatable bonds is 3. The average molecular weight is 273 g/mol. The number of aryl methyl sites for hydroxylation is 1. The minimum Gasteiger partial charge on any atom is -0.491 e. The van der Waals surface area contributed by atoms with Crippen LogP contribution in [0.2, 0.25) is 0 Å². The molecular weight excluding hydrogens is 250 g/mol. The van der Waals surface area contributed by atoms with Gasteiger partial charge in [0, 0.05) is 5.56 Å². The van der Waals surface area contributed by atoms with E-state index in [0.717, 1.165) is 29.7 Å². The number of benzene rings is 1. The zero-order chi connectivity index (χ0) is 14.6.